The van der Waals surface area contributed by atoms with Gasteiger partial charge in [-0.05, 0) is 12.1 Å². The molecule has 6 heteroatoms. The predicted molar refractivity (Wildman–Crippen MR) is 66.6 cm³/mol. The molecule has 0 atom stereocenters. The number of aromatic nitrogens is 1. The first kappa shape index (κ1) is 13.1. The van der Waals surface area contributed by atoms with Crippen molar-refractivity contribution in [3.05, 3.63) is 47.4 Å². The second-order valence-corrected chi connectivity index (χ2v) is 3.89. The Morgan fingerprint density at radius 3 is 2.95 bits per heavy atom. The number of hydrogen-bond acceptors (Lipinski definition) is 4. The summed E-state index contributed by atoms with van der Waals surface area (Å²) in [6.45, 7) is 2.05. The highest BCUT2D eigenvalue weighted by Crippen LogP contribution is 2.20. The maximum absolute atomic E-state index is 13.6. The van der Waals surface area contributed by atoms with Crippen LogP contribution in [-0.2, 0) is 13.0 Å². The molecule has 0 bridgehead atoms. The highest BCUT2D eigenvalue weighted by molar-refractivity contribution is 5.94. The highest BCUT2D eigenvalue weighted by Gasteiger charge is 2.14. The molecule has 1 aromatic heterocycles. The number of benzene rings is 1. The van der Waals surface area contributed by atoms with Gasteiger partial charge in [0.25, 0.3) is 0 Å². The molecular formula is C13H13FN2O3. The Bertz CT molecular complexity index is 595. The fraction of sp³-hybridized carbons (Fsp3) is 0.231. The number of hydrogen-bond donors (Lipinski definition) is 2. The van der Waals surface area contributed by atoms with Gasteiger partial charge in [-0.1, -0.05) is 13.0 Å². The lowest BCUT2D eigenvalue weighted by Crippen LogP contribution is -2.08. The number of nitrogens with zero attached hydrogens (tertiary/aromatic N) is 1. The third kappa shape index (κ3) is 2.90. The number of para-hydroxylation sites is 1. The van der Waals surface area contributed by atoms with Crippen molar-refractivity contribution in [2.45, 2.75) is 19.9 Å². The van der Waals surface area contributed by atoms with E-state index in [1.54, 1.807) is 6.20 Å². The van der Waals surface area contributed by atoms with Crippen LogP contribution in [0, 0.1) is 5.82 Å². The number of carbonyl (C=O) groups is 1. The second kappa shape index (κ2) is 5.51. The smallest absolute Gasteiger partial charge is 0.337 e. The SMILES string of the molecule is CCc1cnc(CNc2c(F)cccc2C(=O)O)o1. The van der Waals surface area contributed by atoms with Crippen LogP contribution in [0.5, 0.6) is 0 Å². The average Bonchev–Trinajstić information content (AvgIpc) is 2.85. The number of rotatable bonds is 5. The molecule has 1 aromatic carbocycles. The van der Waals surface area contributed by atoms with E-state index in [0.717, 1.165) is 5.76 Å². The number of aromatic carboxylic acids is 1. The quantitative estimate of drug-likeness (QED) is 0.868. The van der Waals surface area contributed by atoms with Gasteiger partial charge in [0, 0.05) is 6.42 Å². The van der Waals surface area contributed by atoms with Gasteiger partial charge in [0.15, 0.2) is 0 Å². The maximum Gasteiger partial charge on any atom is 0.337 e. The van der Waals surface area contributed by atoms with Crippen molar-refractivity contribution in [1.82, 2.24) is 4.98 Å². The molecule has 0 fully saturated rings. The van der Waals surface area contributed by atoms with Gasteiger partial charge in [-0.3, -0.25) is 0 Å². The zero-order valence-corrected chi connectivity index (χ0v) is 10.3. The molecule has 0 unspecified atom stereocenters. The molecule has 100 valence electrons. The summed E-state index contributed by atoms with van der Waals surface area (Å²) in [6.07, 6.45) is 2.31. The van der Waals surface area contributed by atoms with Crippen LogP contribution in [0.3, 0.4) is 0 Å². The van der Waals surface area contributed by atoms with Crippen molar-refractivity contribution in [2.75, 3.05) is 5.32 Å². The minimum atomic E-state index is -1.19. The summed E-state index contributed by atoms with van der Waals surface area (Å²) in [6, 6.07) is 3.88. The summed E-state index contributed by atoms with van der Waals surface area (Å²) < 4.78 is 19.0. The van der Waals surface area contributed by atoms with Crippen LogP contribution < -0.4 is 5.32 Å². The first-order valence-electron chi connectivity index (χ1n) is 5.81. The third-order valence-corrected chi connectivity index (χ3v) is 2.61. The molecule has 2 N–H and O–H groups in total. The topological polar surface area (TPSA) is 75.4 Å². The van der Waals surface area contributed by atoms with E-state index >= 15 is 0 Å². The van der Waals surface area contributed by atoms with Gasteiger partial charge in [-0.25, -0.2) is 14.2 Å². The normalized spacial score (nSPS) is 10.4. The van der Waals surface area contributed by atoms with Gasteiger partial charge in [0.1, 0.15) is 11.6 Å². The lowest BCUT2D eigenvalue weighted by atomic mass is 10.1. The first-order valence-corrected chi connectivity index (χ1v) is 5.81. The number of carboxylic acids is 1. The van der Waals surface area contributed by atoms with Gasteiger partial charge >= 0.3 is 5.97 Å². The minimum absolute atomic E-state index is 0.0637. The van der Waals surface area contributed by atoms with Crippen LogP contribution >= 0.6 is 0 Å². The predicted octanol–water partition coefficient (Wildman–Crippen LogP) is 2.69. The summed E-state index contributed by atoms with van der Waals surface area (Å²) in [4.78, 5) is 15.0. The largest absolute Gasteiger partial charge is 0.478 e. The zero-order valence-electron chi connectivity index (χ0n) is 10.3. The maximum atomic E-state index is 13.6. The zero-order chi connectivity index (χ0) is 13.8. The minimum Gasteiger partial charge on any atom is -0.478 e. The molecule has 2 aromatic rings. The summed E-state index contributed by atoms with van der Waals surface area (Å²) in [5, 5.41) is 11.7. The van der Waals surface area contributed by atoms with Gasteiger partial charge in [0.05, 0.1) is 24.0 Å². The molecule has 0 amide bonds. The van der Waals surface area contributed by atoms with Gasteiger partial charge in [0.2, 0.25) is 5.89 Å². The van der Waals surface area contributed by atoms with Crippen molar-refractivity contribution in [2.24, 2.45) is 0 Å². The van der Waals surface area contributed by atoms with Crippen molar-refractivity contribution in [1.29, 1.82) is 0 Å². The van der Waals surface area contributed by atoms with Crippen molar-refractivity contribution in [3.8, 4) is 0 Å². The van der Waals surface area contributed by atoms with E-state index in [1.165, 1.54) is 18.2 Å². The van der Waals surface area contributed by atoms with E-state index in [2.05, 4.69) is 10.3 Å². The van der Waals surface area contributed by atoms with Crippen molar-refractivity contribution in [3.63, 3.8) is 0 Å². The lowest BCUT2D eigenvalue weighted by molar-refractivity contribution is 0.0697. The van der Waals surface area contributed by atoms with E-state index in [1.807, 2.05) is 6.92 Å². The number of oxazole rings is 1. The average molecular weight is 264 g/mol. The molecule has 0 radical (unpaired) electrons. The monoisotopic (exact) mass is 264 g/mol. The second-order valence-electron chi connectivity index (χ2n) is 3.89. The Hall–Kier alpha value is -2.37. The number of aryl methyl sites for hydroxylation is 1. The molecule has 19 heavy (non-hydrogen) atoms. The highest BCUT2D eigenvalue weighted by atomic mass is 19.1. The standard InChI is InChI=1S/C13H13FN2O3/c1-2-8-6-15-11(19-8)7-16-12-9(13(17)18)4-3-5-10(12)14/h3-6,16H,2,7H2,1H3,(H,17,18). The molecule has 5 nitrogen and oxygen atoms in total. The Kier molecular flexibility index (Phi) is 3.79. The number of halogens is 1. The molecule has 2 rings (SSSR count). The van der Waals surface area contributed by atoms with Crippen LogP contribution in [-0.4, -0.2) is 16.1 Å². The van der Waals surface area contributed by atoms with E-state index in [0.29, 0.717) is 12.3 Å². The van der Waals surface area contributed by atoms with Crippen molar-refractivity contribution >= 4 is 11.7 Å². The van der Waals surface area contributed by atoms with E-state index < -0.39 is 11.8 Å². The number of nitrogens with one attached hydrogen (secondary N) is 1. The Labute approximate surface area is 109 Å². The van der Waals surface area contributed by atoms with Crippen LogP contribution in [0.1, 0.15) is 28.9 Å². The fourth-order valence-electron chi connectivity index (χ4n) is 1.64. The third-order valence-electron chi connectivity index (χ3n) is 2.61. The molecule has 0 aliphatic rings. The first-order chi connectivity index (χ1) is 9.11. The van der Waals surface area contributed by atoms with E-state index in [4.69, 9.17) is 9.52 Å². The van der Waals surface area contributed by atoms with Crippen molar-refractivity contribution < 1.29 is 18.7 Å². The Morgan fingerprint density at radius 2 is 2.32 bits per heavy atom. The molecule has 0 saturated carbocycles. The number of carboxylic acid groups (broad SMARTS) is 1. The molecule has 1 heterocycles. The fourth-order valence-corrected chi connectivity index (χ4v) is 1.64. The molecule has 0 aliphatic heterocycles. The lowest BCUT2D eigenvalue weighted by Gasteiger charge is -2.08. The molecule has 0 spiro atoms. The van der Waals surface area contributed by atoms with E-state index in [-0.39, 0.29) is 17.8 Å². The summed E-state index contributed by atoms with van der Waals surface area (Å²) in [7, 11) is 0. The molecule has 0 aliphatic carbocycles. The van der Waals surface area contributed by atoms with Crippen LogP contribution in [0.4, 0.5) is 10.1 Å². The Balaban J connectivity index is 2.17. The molecule has 0 saturated heterocycles. The summed E-state index contributed by atoms with van der Waals surface area (Å²) in [5.41, 5.74) is -0.187. The Morgan fingerprint density at radius 1 is 1.53 bits per heavy atom. The van der Waals surface area contributed by atoms with Crippen LogP contribution in [0.25, 0.3) is 0 Å². The summed E-state index contributed by atoms with van der Waals surface area (Å²) in [5.74, 6) is -0.703. The van der Waals surface area contributed by atoms with Crippen LogP contribution in [0.2, 0.25) is 0 Å². The van der Waals surface area contributed by atoms with Gasteiger partial charge < -0.3 is 14.8 Å². The van der Waals surface area contributed by atoms with E-state index in [9.17, 15) is 9.18 Å². The molecular weight excluding hydrogens is 251 g/mol. The van der Waals surface area contributed by atoms with Crippen LogP contribution in [0.15, 0.2) is 28.8 Å². The van der Waals surface area contributed by atoms with Gasteiger partial charge in [-0.2, -0.15) is 0 Å². The number of anilines is 1. The summed E-state index contributed by atoms with van der Waals surface area (Å²) >= 11 is 0. The van der Waals surface area contributed by atoms with Gasteiger partial charge in [-0.15, -0.1) is 0 Å².